The minimum Gasteiger partial charge on any atom is -0.464 e. The molecular weight excluding hydrogens is 260 g/mol. The number of imidazole rings is 1. The highest BCUT2D eigenvalue weighted by Crippen LogP contribution is 2.19. The third-order valence-electron chi connectivity index (χ3n) is 2.18. The quantitative estimate of drug-likeness (QED) is 0.745. The van der Waals surface area contributed by atoms with E-state index in [1.165, 1.54) is 13.3 Å². The van der Waals surface area contributed by atoms with E-state index in [9.17, 15) is 4.79 Å². The van der Waals surface area contributed by atoms with Crippen LogP contribution >= 0.6 is 15.9 Å². The minimum absolute atomic E-state index is 0.391. The highest BCUT2D eigenvalue weighted by Gasteiger charge is 2.12. The van der Waals surface area contributed by atoms with Gasteiger partial charge in [0.15, 0.2) is 5.69 Å². The number of hydrogen-bond acceptors (Lipinski definition) is 3. The average Bonchev–Trinajstić information content (AvgIpc) is 2.61. The molecule has 2 rings (SSSR count). The highest BCUT2D eigenvalue weighted by atomic mass is 79.9. The molecule has 0 aliphatic rings. The zero-order valence-electron chi connectivity index (χ0n) is 8.32. The Morgan fingerprint density at radius 2 is 2.33 bits per heavy atom. The van der Waals surface area contributed by atoms with Crippen LogP contribution in [0.4, 0.5) is 0 Å². The van der Waals surface area contributed by atoms with Crippen molar-refractivity contribution >= 4 is 27.5 Å². The fourth-order valence-electron chi connectivity index (χ4n) is 1.35. The van der Waals surface area contributed by atoms with Crippen molar-refractivity contribution in [3.63, 3.8) is 0 Å². The van der Waals surface area contributed by atoms with E-state index in [0.717, 1.165) is 15.7 Å². The van der Waals surface area contributed by atoms with Crippen molar-refractivity contribution in [1.29, 1.82) is 0 Å². The number of esters is 1. The van der Waals surface area contributed by atoms with Gasteiger partial charge in [-0.05, 0) is 34.5 Å². The smallest absolute Gasteiger partial charge is 0.356 e. The predicted octanol–water partition coefficient (Wildman–Crippen LogP) is 2.19. The summed E-state index contributed by atoms with van der Waals surface area (Å²) in [7, 11) is 1.35. The first kappa shape index (κ1) is 10.2. The van der Waals surface area contributed by atoms with E-state index in [4.69, 9.17) is 0 Å². The van der Waals surface area contributed by atoms with Crippen LogP contribution < -0.4 is 0 Å². The summed E-state index contributed by atoms with van der Waals surface area (Å²) in [6.45, 7) is 1.97. The second-order valence-corrected chi connectivity index (χ2v) is 4.02. The Labute approximate surface area is 95.0 Å². The van der Waals surface area contributed by atoms with E-state index < -0.39 is 5.97 Å². The SMILES string of the molecule is COC(=O)c1cnc2cc(C)c(Br)cn12. The first-order valence-electron chi connectivity index (χ1n) is 4.35. The second kappa shape index (κ2) is 3.66. The number of rotatable bonds is 1. The number of fused-ring (bicyclic) bond motifs is 1. The fraction of sp³-hybridized carbons (Fsp3) is 0.200. The number of halogens is 1. The normalized spacial score (nSPS) is 10.6. The van der Waals surface area contributed by atoms with Crippen molar-refractivity contribution in [2.24, 2.45) is 0 Å². The van der Waals surface area contributed by atoms with Gasteiger partial charge in [-0.3, -0.25) is 4.40 Å². The number of aryl methyl sites for hydroxylation is 1. The van der Waals surface area contributed by atoms with Gasteiger partial charge < -0.3 is 4.74 Å². The Balaban J connectivity index is 2.69. The summed E-state index contributed by atoms with van der Waals surface area (Å²) < 4.78 is 7.28. The zero-order chi connectivity index (χ0) is 11.0. The summed E-state index contributed by atoms with van der Waals surface area (Å²) in [6, 6.07) is 1.90. The standard InChI is InChI=1S/C10H9BrN2O2/c1-6-3-9-12-4-8(10(14)15-2)13(9)5-7(6)11/h3-5H,1-2H3. The topological polar surface area (TPSA) is 43.6 Å². The Morgan fingerprint density at radius 3 is 3.00 bits per heavy atom. The molecule has 0 fully saturated rings. The van der Waals surface area contributed by atoms with Gasteiger partial charge in [0.2, 0.25) is 0 Å². The molecule has 0 bridgehead atoms. The number of hydrogen-bond donors (Lipinski definition) is 0. The Bertz CT molecular complexity index is 533. The van der Waals surface area contributed by atoms with Crippen molar-refractivity contribution in [2.45, 2.75) is 6.92 Å². The molecule has 0 aliphatic heterocycles. The molecule has 78 valence electrons. The van der Waals surface area contributed by atoms with E-state index in [-0.39, 0.29) is 0 Å². The molecule has 0 atom stereocenters. The van der Waals surface area contributed by atoms with Crippen LogP contribution in [0.25, 0.3) is 5.65 Å². The van der Waals surface area contributed by atoms with Gasteiger partial charge in [-0.15, -0.1) is 0 Å². The molecule has 5 heteroatoms. The van der Waals surface area contributed by atoms with E-state index in [1.807, 2.05) is 19.2 Å². The molecule has 0 spiro atoms. The van der Waals surface area contributed by atoms with E-state index in [0.29, 0.717) is 5.69 Å². The van der Waals surface area contributed by atoms with Crippen molar-refractivity contribution in [1.82, 2.24) is 9.38 Å². The molecule has 0 radical (unpaired) electrons. The number of aromatic nitrogens is 2. The number of ether oxygens (including phenoxy) is 1. The van der Waals surface area contributed by atoms with Crippen molar-refractivity contribution in [3.05, 3.63) is 34.2 Å². The lowest BCUT2D eigenvalue weighted by molar-refractivity contribution is 0.0593. The first-order chi connectivity index (χ1) is 7.13. The second-order valence-electron chi connectivity index (χ2n) is 3.17. The predicted molar refractivity (Wildman–Crippen MR) is 59.0 cm³/mol. The number of carbonyl (C=O) groups excluding carboxylic acids is 1. The highest BCUT2D eigenvalue weighted by molar-refractivity contribution is 9.10. The molecule has 15 heavy (non-hydrogen) atoms. The van der Waals surface area contributed by atoms with Crippen LogP contribution in [-0.4, -0.2) is 22.5 Å². The summed E-state index contributed by atoms with van der Waals surface area (Å²) in [5.41, 5.74) is 2.23. The Morgan fingerprint density at radius 1 is 1.60 bits per heavy atom. The Kier molecular flexibility index (Phi) is 2.48. The molecule has 0 amide bonds. The van der Waals surface area contributed by atoms with Gasteiger partial charge in [-0.1, -0.05) is 0 Å². The van der Waals surface area contributed by atoms with Crippen LogP contribution in [0.5, 0.6) is 0 Å². The van der Waals surface area contributed by atoms with Crippen LogP contribution in [0.2, 0.25) is 0 Å². The van der Waals surface area contributed by atoms with Crippen molar-refractivity contribution < 1.29 is 9.53 Å². The molecule has 0 N–H and O–H groups in total. The van der Waals surface area contributed by atoms with E-state index in [2.05, 4.69) is 25.7 Å². The number of pyridine rings is 1. The third kappa shape index (κ3) is 1.63. The zero-order valence-corrected chi connectivity index (χ0v) is 9.91. The Hall–Kier alpha value is -1.36. The summed E-state index contributed by atoms with van der Waals surface area (Å²) >= 11 is 3.41. The van der Waals surface area contributed by atoms with Crippen LogP contribution in [0.3, 0.4) is 0 Å². The molecule has 2 heterocycles. The van der Waals surface area contributed by atoms with Crippen LogP contribution in [0, 0.1) is 6.92 Å². The van der Waals surface area contributed by atoms with E-state index >= 15 is 0 Å². The maximum Gasteiger partial charge on any atom is 0.356 e. The molecule has 4 nitrogen and oxygen atoms in total. The van der Waals surface area contributed by atoms with Gasteiger partial charge in [0.25, 0.3) is 0 Å². The maximum absolute atomic E-state index is 11.4. The summed E-state index contributed by atoms with van der Waals surface area (Å²) in [5.74, 6) is -0.391. The average molecular weight is 269 g/mol. The van der Waals surface area contributed by atoms with Gasteiger partial charge in [0, 0.05) is 10.7 Å². The summed E-state index contributed by atoms with van der Waals surface area (Å²) in [4.78, 5) is 15.5. The van der Waals surface area contributed by atoms with Gasteiger partial charge in [0.05, 0.1) is 13.3 Å². The van der Waals surface area contributed by atoms with Gasteiger partial charge in [-0.2, -0.15) is 0 Å². The van der Waals surface area contributed by atoms with Crippen LogP contribution in [0.15, 0.2) is 22.9 Å². The monoisotopic (exact) mass is 268 g/mol. The van der Waals surface area contributed by atoms with Gasteiger partial charge in [0.1, 0.15) is 5.65 Å². The number of nitrogens with zero attached hydrogens (tertiary/aromatic N) is 2. The third-order valence-corrected chi connectivity index (χ3v) is 3.01. The van der Waals surface area contributed by atoms with E-state index in [1.54, 1.807) is 4.40 Å². The van der Waals surface area contributed by atoms with Gasteiger partial charge in [-0.25, -0.2) is 9.78 Å². The number of carbonyl (C=O) groups is 1. The van der Waals surface area contributed by atoms with Crippen molar-refractivity contribution in [2.75, 3.05) is 7.11 Å². The largest absolute Gasteiger partial charge is 0.464 e. The molecule has 0 saturated heterocycles. The fourth-order valence-corrected chi connectivity index (χ4v) is 1.67. The summed E-state index contributed by atoms with van der Waals surface area (Å²) in [6.07, 6.45) is 3.32. The molecule has 0 unspecified atom stereocenters. The lowest BCUT2D eigenvalue weighted by Crippen LogP contribution is -2.05. The molecule has 0 aliphatic carbocycles. The molecule has 0 aromatic carbocycles. The molecule has 2 aromatic heterocycles. The maximum atomic E-state index is 11.4. The van der Waals surface area contributed by atoms with Gasteiger partial charge >= 0.3 is 5.97 Å². The minimum atomic E-state index is -0.391. The number of methoxy groups -OCH3 is 1. The lowest BCUT2D eigenvalue weighted by atomic mass is 10.3. The van der Waals surface area contributed by atoms with Crippen LogP contribution in [-0.2, 0) is 4.74 Å². The van der Waals surface area contributed by atoms with Crippen LogP contribution in [0.1, 0.15) is 16.1 Å². The molecule has 2 aromatic rings. The lowest BCUT2D eigenvalue weighted by Gasteiger charge is -2.02. The summed E-state index contributed by atoms with van der Waals surface area (Å²) in [5, 5.41) is 0. The molecular formula is C10H9BrN2O2. The molecule has 0 saturated carbocycles. The van der Waals surface area contributed by atoms with Crippen molar-refractivity contribution in [3.8, 4) is 0 Å². The first-order valence-corrected chi connectivity index (χ1v) is 5.14.